The fourth-order valence-electron chi connectivity index (χ4n) is 3.26. The van der Waals surface area contributed by atoms with Crippen LogP contribution in [0.4, 0.5) is 5.69 Å². The number of rotatable bonds is 5. The maximum atomic E-state index is 12.6. The molecule has 0 saturated carbocycles. The van der Waals surface area contributed by atoms with Gasteiger partial charge in [-0.15, -0.1) is 0 Å². The molecule has 2 aromatic heterocycles. The first-order valence-corrected chi connectivity index (χ1v) is 11.0. The number of amides is 1. The molecule has 146 valence electrons. The lowest BCUT2D eigenvalue weighted by Crippen LogP contribution is -2.12. The molecule has 0 aliphatic carbocycles. The zero-order valence-electron chi connectivity index (χ0n) is 16.3. The predicted octanol–water partition coefficient (Wildman–Crippen LogP) is 4.44. The molecule has 0 saturated heterocycles. The summed E-state index contributed by atoms with van der Waals surface area (Å²) in [6.07, 6.45) is 5.63. The van der Waals surface area contributed by atoms with Crippen molar-refractivity contribution in [3.63, 3.8) is 0 Å². The fourth-order valence-corrected chi connectivity index (χ4v) is 3.91. The van der Waals surface area contributed by atoms with Gasteiger partial charge in [0.25, 0.3) is 5.91 Å². The molecule has 6 heteroatoms. The van der Waals surface area contributed by atoms with Crippen molar-refractivity contribution >= 4 is 28.0 Å². The van der Waals surface area contributed by atoms with E-state index in [9.17, 15) is 9.00 Å². The maximum absolute atomic E-state index is 12.6. The average molecular weight is 404 g/mol. The number of hydrogen-bond acceptors (Lipinski definition) is 3. The van der Waals surface area contributed by atoms with Gasteiger partial charge in [0.2, 0.25) is 0 Å². The minimum atomic E-state index is -0.944. The van der Waals surface area contributed by atoms with Crippen molar-refractivity contribution in [2.45, 2.75) is 12.7 Å². The van der Waals surface area contributed by atoms with Gasteiger partial charge in [0.1, 0.15) is 5.65 Å². The number of benzene rings is 2. The summed E-state index contributed by atoms with van der Waals surface area (Å²) in [5.41, 5.74) is 6.08. The Bertz CT molecular complexity index is 1210. The minimum Gasteiger partial charge on any atom is -0.322 e. The van der Waals surface area contributed by atoms with Crippen LogP contribution in [0, 0.1) is 6.92 Å². The zero-order chi connectivity index (χ0) is 20.4. The Morgan fingerprint density at radius 1 is 1.10 bits per heavy atom. The number of nitrogens with one attached hydrogen (secondary N) is 1. The van der Waals surface area contributed by atoms with Crippen LogP contribution in [0.5, 0.6) is 0 Å². The van der Waals surface area contributed by atoms with Crippen LogP contribution in [0.3, 0.4) is 0 Å². The molecule has 0 spiro atoms. The molecule has 0 aliphatic rings. The Labute approximate surface area is 171 Å². The zero-order valence-corrected chi connectivity index (χ0v) is 17.1. The molecule has 0 unspecified atom stereocenters. The summed E-state index contributed by atoms with van der Waals surface area (Å²) in [7, 11) is -0.944. The second kappa shape index (κ2) is 8.01. The van der Waals surface area contributed by atoms with E-state index in [1.165, 1.54) is 0 Å². The van der Waals surface area contributed by atoms with Crippen LogP contribution >= 0.6 is 0 Å². The van der Waals surface area contributed by atoms with Crippen LogP contribution in [-0.2, 0) is 16.6 Å². The maximum Gasteiger partial charge on any atom is 0.255 e. The van der Waals surface area contributed by atoms with Gasteiger partial charge in [-0.2, -0.15) is 0 Å². The van der Waals surface area contributed by atoms with Crippen LogP contribution in [0.1, 0.15) is 21.5 Å². The lowest BCUT2D eigenvalue weighted by atomic mass is 10.1. The molecule has 1 N–H and O–H groups in total. The summed E-state index contributed by atoms with van der Waals surface area (Å²) in [6, 6.07) is 18.9. The van der Waals surface area contributed by atoms with Crippen molar-refractivity contribution in [3.8, 4) is 11.3 Å². The van der Waals surface area contributed by atoms with Gasteiger partial charge >= 0.3 is 0 Å². The molecule has 4 aromatic rings. The lowest BCUT2D eigenvalue weighted by Gasteiger charge is -2.07. The summed E-state index contributed by atoms with van der Waals surface area (Å²) in [4.78, 5) is 17.3. The SMILES string of the molecule is Cc1cccn2cc(-c3ccc(NC(=O)c4cccc(C[S@](C)=O)c4)cc3)nc12. The smallest absolute Gasteiger partial charge is 0.255 e. The molecule has 0 bridgehead atoms. The summed E-state index contributed by atoms with van der Waals surface area (Å²) in [5.74, 6) is 0.249. The van der Waals surface area contributed by atoms with Crippen LogP contribution in [-0.4, -0.2) is 25.8 Å². The summed E-state index contributed by atoms with van der Waals surface area (Å²) in [6.45, 7) is 2.04. The first-order chi connectivity index (χ1) is 14.0. The Hall–Kier alpha value is -3.25. The molecule has 5 nitrogen and oxygen atoms in total. The summed E-state index contributed by atoms with van der Waals surface area (Å²) < 4.78 is 13.4. The fraction of sp³-hybridized carbons (Fsp3) is 0.130. The quantitative estimate of drug-likeness (QED) is 0.536. The molecule has 1 atom stereocenters. The number of pyridine rings is 1. The summed E-state index contributed by atoms with van der Waals surface area (Å²) >= 11 is 0. The Morgan fingerprint density at radius 3 is 2.62 bits per heavy atom. The average Bonchev–Trinajstić information content (AvgIpc) is 3.14. The highest BCUT2D eigenvalue weighted by atomic mass is 32.2. The van der Waals surface area contributed by atoms with Gasteiger partial charge in [0, 0.05) is 52.0 Å². The van der Waals surface area contributed by atoms with Gasteiger partial charge in [-0.05, 0) is 48.4 Å². The molecule has 0 aliphatic heterocycles. The van der Waals surface area contributed by atoms with Gasteiger partial charge in [-0.1, -0.05) is 30.3 Å². The Balaban J connectivity index is 1.51. The van der Waals surface area contributed by atoms with Crippen LogP contribution in [0.25, 0.3) is 16.9 Å². The second-order valence-electron chi connectivity index (χ2n) is 7.00. The first kappa shape index (κ1) is 19.1. The van der Waals surface area contributed by atoms with E-state index in [0.29, 0.717) is 17.0 Å². The van der Waals surface area contributed by atoms with E-state index in [0.717, 1.165) is 28.0 Å². The van der Waals surface area contributed by atoms with E-state index >= 15 is 0 Å². The molecule has 1 amide bonds. The molecular formula is C23H21N3O2S. The molecule has 0 radical (unpaired) electrons. The van der Waals surface area contributed by atoms with Crippen molar-refractivity contribution in [2.24, 2.45) is 0 Å². The number of nitrogens with zero attached hydrogens (tertiary/aromatic N) is 2. The minimum absolute atomic E-state index is 0.190. The third kappa shape index (κ3) is 4.27. The number of fused-ring (bicyclic) bond motifs is 1. The van der Waals surface area contributed by atoms with Gasteiger partial charge in [-0.25, -0.2) is 4.98 Å². The highest BCUT2D eigenvalue weighted by molar-refractivity contribution is 7.83. The number of carbonyl (C=O) groups excluding carboxylic acids is 1. The van der Waals surface area contributed by atoms with Crippen LogP contribution < -0.4 is 5.32 Å². The predicted molar refractivity (Wildman–Crippen MR) is 118 cm³/mol. The van der Waals surface area contributed by atoms with E-state index in [-0.39, 0.29) is 5.91 Å². The largest absolute Gasteiger partial charge is 0.322 e. The van der Waals surface area contributed by atoms with Gasteiger partial charge < -0.3 is 9.72 Å². The van der Waals surface area contributed by atoms with Crippen molar-refractivity contribution in [2.75, 3.05) is 11.6 Å². The van der Waals surface area contributed by atoms with Crippen molar-refractivity contribution in [1.29, 1.82) is 0 Å². The highest BCUT2D eigenvalue weighted by Crippen LogP contribution is 2.23. The van der Waals surface area contributed by atoms with Crippen molar-refractivity contribution < 1.29 is 9.00 Å². The topological polar surface area (TPSA) is 63.5 Å². The molecule has 0 fully saturated rings. The van der Waals surface area contributed by atoms with E-state index in [1.54, 1.807) is 18.4 Å². The molecule has 4 rings (SSSR count). The van der Waals surface area contributed by atoms with Crippen LogP contribution in [0.15, 0.2) is 73.1 Å². The van der Waals surface area contributed by atoms with Gasteiger partial charge in [-0.3, -0.25) is 9.00 Å². The summed E-state index contributed by atoms with van der Waals surface area (Å²) in [5, 5.41) is 2.91. The van der Waals surface area contributed by atoms with E-state index < -0.39 is 10.8 Å². The molecule has 29 heavy (non-hydrogen) atoms. The van der Waals surface area contributed by atoms with Gasteiger partial charge in [0.15, 0.2) is 0 Å². The number of aryl methyl sites for hydroxylation is 1. The molecule has 2 heterocycles. The number of imidazole rings is 1. The Morgan fingerprint density at radius 2 is 1.90 bits per heavy atom. The van der Waals surface area contributed by atoms with Crippen molar-refractivity contribution in [3.05, 3.63) is 89.7 Å². The number of anilines is 1. The normalized spacial score (nSPS) is 12.1. The van der Waals surface area contributed by atoms with E-state index in [2.05, 4.69) is 5.32 Å². The lowest BCUT2D eigenvalue weighted by molar-refractivity contribution is 0.102. The monoisotopic (exact) mass is 403 g/mol. The third-order valence-corrected chi connectivity index (χ3v) is 5.42. The van der Waals surface area contributed by atoms with E-state index in [4.69, 9.17) is 4.98 Å². The molecule has 2 aromatic carbocycles. The van der Waals surface area contributed by atoms with Crippen molar-refractivity contribution in [1.82, 2.24) is 9.38 Å². The van der Waals surface area contributed by atoms with Crippen LogP contribution in [0.2, 0.25) is 0 Å². The first-order valence-electron chi connectivity index (χ1n) is 9.25. The third-order valence-electron chi connectivity index (χ3n) is 4.68. The van der Waals surface area contributed by atoms with Gasteiger partial charge in [0.05, 0.1) is 5.69 Å². The molecular weight excluding hydrogens is 382 g/mol. The standard InChI is InChI=1S/C23H21N3O2S/c1-16-5-4-12-26-14-21(25-22(16)26)18-8-10-20(11-9-18)24-23(27)19-7-3-6-17(13-19)15-29(2)28/h3-14H,15H2,1-2H3,(H,24,27)/t29-/m0/s1. The number of hydrogen-bond donors (Lipinski definition) is 1. The second-order valence-corrected chi connectivity index (χ2v) is 8.43. The van der Waals surface area contributed by atoms with E-state index in [1.807, 2.05) is 72.2 Å². The highest BCUT2D eigenvalue weighted by Gasteiger charge is 2.09. The number of carbonyl (C=O) groups is 1. The Kier molecular flexibility index (Phi) is 5.27. The number of aromatic nitrogens is 2.